The van der Waals surface area contributed by atoms with Crippen LogP contribution in [0.4, 0.5) is 0 Å². The van der Waals surface area contributed by atoms with Gasteiger partial charge in [0.2, 0.25) is 5.78 Å². The van der Waals surface area contributed by atoms with E-state index in [2.05, 4.69) is 10.1 Å². The number of nitrogens with one attached hydrogen (secondary N) is 1. The molecule has 0 aliphatic carbocycles. The molecule has 60 valence electrons. The SMILES string of the molecule is [N-]=[N+]=CC(=O)C1CCNCC1. The Morgan fingerprint density at radius 3 is 2.73 bits per heavy atom. The number of carbonyl (C=O) groups excluding carboxylic acids is 1. The maximum absolute atomic E-state index is 11.1. The van der Waals surface area contributed by atoms with Crippen LogP contribution in [0.5, 0.6) is 0 Å². The predicted molar refractivity (Wildman–Crippen MR) is 40.3 cm³/mol. The maximum Gasteiger partial charge on any atom is 0.323 e. The topological polar surface area (TPSA) is 65.5 Å². The van der Waals surface area contributed by atoms with E-state index in [9.17, 15) is 4.79 Å². The van der Waals surface area contributed by atoms with Crippen molar-refractivity contribution in [1.82, 2.24) is 5.32 Å². The fraction of sp³-hybridized carbons (Fsp3) is 0.714. The highest BCUT2D eigenvalue weighted by atomic mass is 16.1. The molecule has 1 aliphatic heterocycles. The van der Waals surface area contributed by atoms with Crippen molar-refractivity contribution in [3.63, 3.8) is 0 Å². The lowest BCUT2D eigenvalue weighted by atomic mass is 9.94. The van der Waals surface area contributed by atoms with Gasteiger partial charge in [0.05, 0.1) is 0 Å². The van der Waals surface area contributed by atoms with Crippen LogP contribution in [0.2, 0.25) is 0 Å². The summed E-state index contributed by atoms with van der Waals surface area (Å²) in [5, 5.41) is 3.15. The third-order valence-electron chi connectivity index (χ3n) is 1.93. The zero-order chi connectivity index (χ0) is 8.10. The van der Waals surface area contributed by atoms with Crippen LogP contribution in [-0.2, 0) is 4.79 Å². The third-order valence-corrected chi connectivity index (χ3v) is 1.93. The van der Waals surface area contributed by atoms with Gasteiger partial charge in [-0.1, -0.05) is 0 Å². The van der Waals surface area contributed by atoms with Crippen LogP contribution >= 0.6 is 0 Å². The van der Waals surface area contributed by atoms with Crippen LogP contribution in [0.25, 0.3) is 5.53 Å². The van der Waals surface area contributed by atoms with Gasteiger partial charge in [0, 0.05) is 5.92 Å². The van der Waals surface area contributed by atoms with Crippen molar-refractivity contribution in [2.45, 2.75) is 12.8 Å². The van der Waals surface area contributed by atoms with Gasteiger partial charge in [0.25, 0.3) is 0 Å². The quantitative estimate of drug-likeness (QED) is 0.341. The first-order chi connectivity index (χ1) is 5.34. The summed E-state index contributed by atoms with van der Waals surface area (Å²) in [6.07, 6.45) is 2.70. The Bertz CT molecular complexity index is 190. The molecule has 0 aromatic carbocycles. The normalized spacial score (nSPS) is 18.9. The second-order valence-corrected chi connectivity index (χ2v) is 2.67. The molecule has 0 aromatic heterocycles. The monoisotopic (exact) mass is 153 g/mol. The molecule has 1 heterocycles. The Morgan fingerprint density at radius 2 is 2.18 bits per heavy atom. The van der Waals surface area contributed by atoms with Crippen molar-refractivity contribution in [3.8, 4) is 0 Å². The predicted octanol–water partition coefficient (Wildman–Crippen LogP) is -0.144. The summed E-state index contributed by atoms with van der Waals surface area (Å²) >= 11 is 0. The molecule has 1 saturated heterocycles. The van der Waals surface area contributed by atoms with Crippen LogP contribution < -0.4 is 5.32 Å². The number of rotatable bonds is 2. The van der Waals surface area contributed by atoms with Crippen molar-refractivity contribution in [2.75, 3.05) is 13.1 Å². The van der Waals surface area contributed by atoms with E-state index in [-0.39, 0.29) is 11.7 Å². The molecule has 1 N–H and O–H groups in total. The van der Waals surface area contributed by atoms with E-state index in [0.29, 0.717) is 0 Å². The van der Waals surface area contributed by atoms with Crippen molar-refractivity contribution < 1.29 is 9.58 Å². The molecule has 0 amide bonds. The first-order valence-corrected chi connectivity index (χ1v) is 3.76. The Morgan fingerprint density at radius 1 is 1.55 bits per heavy atom. The van der Waals surface area contributed by atoms with Crippen molar-refractivity contribution >= 4 is 12.0 Å². The summed E-state index contributed by atoms with van der Waals surface area (Å²) in [7, 11) is 0. The molecule has 1 fully saturated rings. The largest absolute Gasteiger partial charge is 0.361 e. The number of ketones is 1. The zero-order valence-electron chi connectivity index (χ0n) is 6.29. The lowest BCUT2D eigenvalue weighted by Crippen LogP contribution is -2.32. The van der Waals surface area contributed by atoms with Gasteiger partial charge in [-0.15, -0.1) is 0 Å². The lowest BCUT2D eigenvalue weighted by Gasteiger charge is -2.18. The molecule has 0 bridgehead atoms. The van der Waals surface area contributed by atoms with E-state index in [4.69, 9.17) is 5.53 Å². The average molecular weight is 153 g/mol. The van der Waals surface area contributed by atoms with E-state index < -0.39 is 0 Å². The number of Topliss-reactive ketones (excluding diaryl/α,β-unsaturated/α-hetero) is 1. The number of carbonyl (C=O) groups is 1. The Kier molecular flexibility index (Phi) is 2.95. The third kappa shape index (κ3) is 2.26. The molecule has 0 atom stereocenters. The standard InChI is InChI=1S/C7H11N3O/c8-10-5-7(11)6-1-3-9-4-2-6/h5-6,9H,1-4H2. The highest BCUT2D eigenvalue weighted by Gasteiger charge is 2.21. The molecule has 0 saturated carbocycles. The van der Waals surface area contributed by atoms with Gasteiger partial charge in [-0.3, -0.25) is 4.79 Å². The molecule has 1 rings (SSSR count). The van der Waals surface area contributed by atoms with Gasteiger partial charge in [-0.05, 0) is 25.9 Å². The Hall–Kier alpha value is -0.990. The van der Waals surface area contributed by atoms with E-state index in [1.807, 2.05) is 0 Å². The minimum atomic E-state index is -0.0611. The molecular weight excluding hydrogens is 142 g/mol. The number of hydrogen-bond acceptors (Lipinski definition) is 2. The summed E-state index contributed by atoms with van der Waals surface area (Å²) in [5.74, 6) is 0.00106. The van der Waals surface area contributed by atoms with Crippen molar-refractivity contribution in [3.05, 3.63) is 5.53 Å². The summed E-state index contributed by atoms with van der Waals surface area (Å²) in [5.41, 5.74) is 8.10. The minimum Gasteiger partial charge on any atom is -0.361 e. The maximum atomic E-state index is 11.1. The molecule has 4 heteroatoms. The van der Waals surface area contributed by atoms with Gasteiger partial charge in [-0.25, -0.2) is 0 Å². The highest BCUT2D eigenvalue weighted by Crippen LogP contribution is 2.10. The first-order valence-electron chi connectivity index (χ1n) is 3.76. The van der Waals surface area contributed by atoms with E-state index in [0.717, 1.165) is 32.1 Å². The summed E-state index contributed by atoms with van der Waals surface area (Å²) in [6.45, 7) is 1.77. The fourth-order valence-corrected chi connectivity index (χ4v) is 1.27. The van der Waals surface area contributed by atoms with E-state index in [1.165, 1.54) is 0 Å². The summed E-state index contributed by atoms with van der Waals surface area (Å²) < 4.78 is 0. The Labute approximate surface area is 65.2 Å². The van der Waals surface area contributed by atoms with Crippen LogP contribution in [0.15, 0.2) is 0 Å². The molecule has 11 heavy (non-hydrogen) atoms. The van der Waals surface area contributed by atoms with Crippen LogP contribution in [0.1, 0.15) is 12.8 Å². The number of piperidine rings is 1. The Balaban J connectivity index is 2.44. The molecule has 0 radical (unpaired) electrons. The van der Waals surface area contributed by atoms with Gasteiger partial charge in [0.15, 0.2) is 0 Å². The van der Waals surface area contributed by atoms with Gasteiger partial charge in [-0.2, -0.15) is 4.79 Å². The zero-order valence-corrected chi connectivity index (χ0v) is 6.29. The minimum absolute atomic E-state index is 0.0611. The van der Waals surface area contributed by atoms with Crippen LogP contribution in [0.3, 0.4) is 0 Å². The van der Waals surface area contributed by atoms with Crippen molar-refractivity contribution in [2.24, 2.45) is 5.92 Å². The van der Waals surface area contributed by atoms with E-state index in [1.54, 1.807) is 0 Å². The van der Waals surface area contributed by atoms with Crippen LogP contribution in [0, 0.1) is 5.92 Å². The lowest BCUT2D eigenvalue weighted by molar-refractivity contribution is -0.120. The fourth-order valence-electron chi connectivity index (χ4n) is 1.27. The van der Waals surface area contributed by atoms with Crippen LogP contribution in [-0.4, -0.2) is 29.9 Å². The van der Waals surface area contributed by atoms with Gasteiger partial charge in [0.1, 0.15) is 0 Å². The van der Waals surface area contributed by atoms with Gasteiger partial charge < -0.3 is 10.8 Å². The molecule has 0 spiro atoms. The molecule has 0 aromatic rings. The summed E-state index contributed by atoms with van der Waals surface area (Å²) in [6, 6.07) is 0. The highest BCUT2D eigenvalue weighted by molar-refractivity contribution is 6.26. The second kappa shape index (κ2) is 4.01. The summed E-state index contributed by atoms with van der Waals surface area (Å²) in [4.78, 5) is 13.8. The van der Waals surface area contributed by atoms with Gasteiger partial charge >= 0.3 is 6.21 Å². The smallest absolute Gasteiger partial charge is 0.323 e. The second-order valence-electron chi connectivity index (χ2n) is 2.67. The molecule has 1 aliphatic rings. The molecular formula is C7H11N3O. The number of hydrogen-bond donors (Lipinski definition) is 1. The average Bonchev–Trinajstić information content (AvgIpc) is 2.07. The first kappa shape index (κ1) is 8.11. The molecule has 4 nitrogen and oxygen atoms in total. The van der Waals surface area contributed by atoms with Crippen molar-refractivity contribution in [1.29, 1.82) is 0 Å². The van der Waals surface area contributed by atoms with E-state index >= 15 is 0 Å². The number of nitrogens with zero attached hydrogens (tertiary/aromatic N) is 2. The molecule has 0 unspecified atom stereocenters.